The zero-order chi connectivity index (χ0) is 15.6. The molecule has 1 unspecified atom stereocenters. The first-order valence-corrected chi connectivity index (χ1v) is 5.67. The van der Waals surface area contributed by atoms with Gasteiger partial charge >= 0.3 is 12.4 Å². The first-order chi connectivity index (χ1) is 9.00. The highest BCUT2D eigenvalue weighted by Gasteiger charge is 2.35. The van der Waals surface area contributed by atoms with E-state index in [1.165, 1.54) is 18.2 Å². The maximum absolute atomic E-state index is 12.8. The summed E-state index contributed by atoms with van der Waals surface area (Å²) in [4.78, 5) is 0.845. The van der Waals surface area contributed by atoms with Crippen LogP contribution < -0.4 is 5.73 Å². The normalized spacial score (nSPS) is 14.7. The second-order valence-corrected chi connectivity index (χ2v) is 4.50. The van der Waals surface area contributed by atoms with Crippen LogP contribution in [0.4, 0.5) is 26.3 Å². The Labute approximate surface area is 112 Å². The molecule has 0 aromatic heterocycles. The molecule has 0 spiro atoms. The number of hydrogen-bond donors (Lipinski definition) is 1. The quantitative estimate of drug-likeness (QED) is 0.865. The number of hydrogen-bond acceptors (Lipinski definition) is 2. The van der Waals surface area contributed by atoms with Gasteiger partial charge in [-0.1, -0.05) is 18.2 Å². The summed E-state index contributed by atoms with van der Waals surface area (Å²) in [5.74, 6) is 0. The minimum Gasteiger partial charge on any atom is -0.323 e. The Morgan fingerprint density at radius 2 is 1.65 bits per heavy atom. The van der Waals surface area contributed by atoms with Crippen LogP contribution in [0.1, 0.15) is 17.2 Å². The van der Waals surface area contributed by atoms with Crippen molar-refractivity contribution in [3.63, 3.8) is 0 Å². The molecule has 1 rings (SSSR count). The summed E-state index contributed by atoms with van der Waals surface area (Å²) in [6.45, 7) is -1.55. The second kappa shape index (κ2) is 6.01. The van der Waals surface area contributed by atoms with Crippen molar-refractivity contribution >= 4 is 0 Å². The van der Waals surface area contributed by atoms with Crippen molar-refractivity contribution in [3.05, 3.63) is 35.4 Å². The SMILES string of the molecule is CN(CC(N)c1ccccc1C(F)(F)F)CC(F)(F)F. The van der Waals surface area contributed by atoms with Crippen LogP contribution in [0.3, 0.4) is 0 Å². The zero-order valence-electron chi connectivity index (χ0n) is 10.6. The number of halogens is 6. The molecule has 0 aliphatic rings. The molecule has 1 aromatic rings. The van der Waals surface area contributed by atoms with E-state index >= 15 is 0 Å². The van der Waals surface area contributed by atoms with Crippen LogP contribution >= 0.6 is 0 Å². The van der Waals surface area contributed by atoms with E-state index in [0.29, 0.717) is 0 Å². The Morgan fingerprint density at radius 3 is 2.15 bits per heavy atom. The van der Waals surface area contributed by atoms with Gasteiger partial charge < -0.3 is 5.73 Å². The van der Waals surface area contributed by atoms with Crippen LogP contribution in [0.15, 0.2) is 24.3 Å². The second-order valence-electron chi connectivity index (χ2n) is 4.50. The average Bonchev–Trinajstić information content (AvgIpc) is 2.25. The van der Waals surface area contributed by atoms with Crippen molar-refractivity contribution in [2.45, 2.75) is 18.4 Å². The lowest BCUT2D eigenvalue weighted by Gasteiger charge is -2.24. The van der Waals surface area contributed by atoms with E-state index in [2.05, 4.69) is 0 Å². The molecule has 0 aliphatic carbocycles. The lowest BCUT2D eigenvalue weighted by Crippen LogP contribution is -2.36. The summed E-state index contributed by atoms with van der Waals surface area (Å²) in [6, 6.07) is 3.46. The molecule has 0 amide bonds. The van der Waals surface area contributed by atoms with Gasteiger partial charge in [0.25, 0.3) is 0 Å². The molecule has 0 heterocycles. The maximum atomic E-state index is 12.8. The fourth-order valence-electron chi connectivity index (χ4n) is 1.88. The summed E-state index contributed by atoms with van der Waals surface area (Å²) in [5, 5.41) is 0. The predicted molar refractivity (Wildman–Crippen MR) is 61.9 cm³/mol. The smallest absolute Gasteiger partial charge is 0.323 e. The molecular formula is C12H14F6N2. The molecule has 20 heavy (non-hydrogen) atoms. The molecule has 0 fully saturated rings. The van der Waals surface area contributed by atoms with E-state index in [1.54, 1.807) is 0 Å². The monoisotopic (exact) mass is 300 g/mol. The number of benzene rings is 1. The minimum atomic E-state index is -4.59. The fraction of sp³-hybridized carbons (Fsp3) is 0.500. The van der Waals surface area contributed by atoms with E-state index < -0.39 is 30.5 Å². The molecule has 0 saturated carbocycles. The molecular weight excluding hydrogens is 286 g/mol. The van der Waals surface area contributed by atoms with Crippen LogP contribution in [-0.4, -0.2) is 31.2 Å². The first kappa shape index (κ1) is 16.8. The molecule has 8 heteroatoms. The lowest BCUT2D eigenvalue weighted by molar-refractivity contribution is -0.144. The third-order valence-electron chi connectivity index (χ3n) is 2.62. The molecule has 0 saturated heterocycles. The fourth-order valence-corrected chi connectivity index (χ4v) is 1.88. The largest absolute Gasteiger partial charge is 0.416 e. The molecule has 2 N–H and O–H groups in total. The standard InChI is InChI=1S/C12H14F6N2/c1-20(7-11(13,14)15)6-10(19)8-4-2-3-5-9(8)12(16,17)18/h2-5,10H,6-7,19H2,1H3. The van der Waals surface area contributed by atoms with Crippen molar-refractivity contribution in [1.82, 2.24) is 4.90 Å². The Kier molecular flexibility index (Phi) is 5.04. The molecule has 1 atom stereocenters. The van der Waals surface area contributed by atoms with Crippen molar-refractivity contribution < 1.29 is 26.3 Å². The third kappa shape index (κ3) is 5.01. The van der Waals surface area contributed by atoms with Crippen LogP contribution in [-0.2, 0) is 6.18 Å². The molecule has 114 valence electrons. The number of alkyl halides is 6. The number of rotatable bonds is 4. The molecule has 0 aliphatic heterocycles. The van der Waals surface area contributed by atoms with Crippen LogP contribution in [0, 0.1) is 0 Å². The highest BCUT2D eigenvalue weighted by atomic mass is 19.4. The van der Waals surface area contributed by atoms with E-state index in [0.717, 1.165) is 18.0 Å². The van der Waals surface area contributed by atoms with Gasteiger partial charge in [0.1, 0.15) is 0 Å². The molecule has 1 aromatic carbocycles. The van der Waals surface area contributed by atoms with E-state index in [1.807, 2.05) is 0 Å². The first-order valence-electron chi connectivity index (χ1n) is 5.67. The lowest BCUT2D eigenvalue weighted by atomic mass is 10.00. The third-order valence-corrected chi connectivity index (χ3v) is 2.62. The van der Waals surface area contributed by atoms with E-state index in [4.69, 9.17) is 5.73 Å². The highest BCUT2D eigenvalue weighted by molar-refractivity contribution is 5.32. The van der Waals surface area contributed by atoms with Gasteiger partial charge in [0.15, 0.2) is 0 Å². The van der Waals surface area contributed by atoms with Crippen molar-refractivity contribution in [2.75, 3.05) is 20.1 Å². The van der Waals surface area contributed by atoms with Crippen LogP contribution in [0.2, 0.25) is 0 Å². The molecule has 0 radical (unpaired) electrons. The highest BCUT2D eigenvalue weighted by Crippen LogP contribution is 2.34. The van der Waals surface area contributed by atoms with Crippen LogP contribution in [0.5, 0.6) is 0 Å². The number of nitrogens with zero attached hydrogens (tertiary/aromatic N) is 1. The van der Waals surface area contributed by atoms with Gasteiger partial charge in [-0.25, -0.2) is 0 Å². The van der Waals surface area contributed by atoms with Gasteiger partial charge in [-0.3, -0.25) is 4.90 Å². The van der Waals surface area contributed by atoms with Gasteiger partial charge in [0.2, 0.25) is 0 Å². The topological polar surface area (TPSA) is 29.3 Å². The minimum absolute atomic E-state index is 0.214. The summed E-state index contributed by atoms with van der Waals surface area (Å²) in [5.41, 5.74) is 4.47. The van der Waals surface area contributed by atoms with Gasteiger partial charge in [-0.05, 0) is 18.7 Å². The maximum Gasteiger partial charge on any atom is 0.416 e. The van der Waals surface area contributed by atoms with Crippen molar-refractivity contribution in [2.24, 2.45) is 5.73 Å². The van der Waals surface area contributed by atoms with Gasteiger partial charge in [0.05, 0.1) is 12.1 Å². The Balaban J connectivity index is 2.86. The van der Waals surface area contributed by atoms with Gasteiger partial charge in [-0.2, -0.15) is 26.3 Å². The van der Waals surface area contributed by atoms with E-state index in [9.17, 15) is 26.3 Å². The Bertz CT molecular complexity index is 440. The number of nitrogens with two attached hydrogens (primary N) is 1. The van der Waals surface area contributed by atoms with Gasteiger partial charge in [0, 0.05) is 12.6 Å². The Morgan fingerprint density at radius 1 is 1.10 bits per heavy atom. The number of likely N-dealkylation sites (N-methyl/N-ethyl adjacent to an activating group) is 1. The Hall–Kier alpha value is -1.28. The summed E-state index contributed by atoms with van der Waals surface area (Å²) >= 11 is 0. The average molecular weight is 300 g/mol. The van der Waals surface area contributed by atoms with Crippen molar-refractivity contribution in [1.29, 1.82) is 0 Å². The van der Waals surface area contributed by atoms with Crippen molar-refractivity contribution in [3.8, 4) is 0 Å². The zero-order valence-corrected chi connectivity index (χ0v) is 10.6. The van der Waals surface area contributed by atoms with Crippen LogP contribution in [0.25, 0.3) is 0 Å². The summed E-state index contributed by atoms with van der Waals surface area (Å²) in [6.07, 6.45) is -9.01. The summed E-state index contributed by atoms with van der Waals surface area (Å²) < 4.78 is 74.8. The van der Waals surface area contributed by atoms with Gasteiger partial charge in [-0.15, -0.1) is 0 Å². The van der Waals surface area contributed by atoms with E-state index in [-0.39, 0.29) is 12.1 Å². The molecule has 2 nitrogen and oxygen atoms in total. The summed E-state index contributed by atoms with van der Waals surface area (Å²) in [7, 11) is 1.16. The molecule has 0 bridgehead atoms. The predicted octanol–water partition coefficient (Wildman–Crippen LogP) is 3.20.